The molecule has 0 aliphatic carbocycles. The van der Waals surface area contributed by atoms with Crippen molar-refractivity contribution >= 4 is 33.7 Å². The van der Waals surface area contributed by atoms with Crippen LogP contribution in [0.3, 0.4) is 0 Å². The Morgan fingerprint density at radius 3 is 2.31 bits per heavy atom. The van der Waals surface area contributed by atoms with Crippen molar-refractivity contribution in [2.24, 2.45) is 0 Å². The molecule has 0 amide bonds. The number of aliphatic carboxylic acids is 1. The Labute approximate surface area is 107 Å². The van der Waals surface area contributed by atoms with Crippen LogP contribution in [0.25, 0.3) is 0 Å². The van der Waals surface area contributed by atoms with Gasteiger partial charge in [-0.3, -0.25) is 0 Å². The van der Waals surface area contributed by atoms with E-state index in [4.69, 9.17) is 9.84 Å². The molecule has 0 bridgehead atoms. The van der Waals surface area contributed by atoms with Gasteiger partial charge in [-0.05, 0) is 43.4 Å². The summed E-state index contributed by atoms with van der Waals surface area (Å²) in [7, 11) is 0. The van der Waals surface area contributed by atoms with E-state index in [2.05, 4.69) is 15.9 Å². The first-order valence-corrected chi connectivity index (χ1v) is 6.72. The lowest BCUT2D eigenvalue weighted by atomic mass is 10.1. The minimum absolute atomic E-state index is 0.583. The molecule has 0 saturated heterocycles. The molecular formula is C11H13BrO3S. The van der Waals surface area contributed by atoms with Crippen LogP contribution in [0.5, 0.6) is 5.75 Å². The van der Waals surface area contributed by atoms with Crippen molar-refractivity contribution in [1.29, 1.82) is 0 Å². The molecule has 3 nitrogen and oxygen atoms in total. The number of thioether (sulfide) groups is 1. The lowest BCUT2D eigenvalue weighted by Crippen LogP contribution is -2.22. The maximum atomic E-state index is 10.8. The third kappa shape index (κ3) is 3.15. The third-order valence-corrected chi connectivity index (χ3v) is 4.05. The summed E-state index contributed by atoms with van der Waals surface area (Å²) in [4.78, 5) is 10.8. The highest BCUT2D eigenvalue weighted by Crippen LogP contribution is 2.27. The summed E-state index contributed by atoms with van der Waals surface area (Å²) in [5.74, 6) is -0.384. The van der Waals surface area contributed by atoms with Crippen LogP contribution in [0.1, 0.15) is 11.1 Å². The molecule has 0 heterocycles. The van der Waals surface area contributed by atoms with Crippen LogP contribution in [-0.4, -0.2) is 22.8 Å². The van der Waals surface area contributed by atoms with Crippen molar-refractivity contribution in [3.63, 3.8) is 0 Å². The zero-order valence-corrected chi connectivity index (χ0v) is 11.7. The van der Waals surface area contributed by atoms with E-state index in [1.807, 2.05) is 26.0 Å². The molecule has 1 rings (SSSR count). The highest BCUT2D eigenvalue weighted by molar-refractivity contribution is 9.10. The van der Waals surface area contributed by atoms with Gasteiger partial charge in [-0.1, -0.05) is 15.9 Å². The van der Waals surface area contributed by atoms with Crippen LogP contribution in [0.4, 0.5) is 0 Å². The topological polar surface area (TPSA) is 46.5 Å². The van der Waals surface area contributed by atoms with Crippen LogP contribution < -0.4 is 4.74 Å². The van der Waals surface area contributed by atoms with Gasteiger partial charge in [0.2, 0.25) is 5.44 Å². The molecule has 88 valence electrons. The van der Waals surface area contributed by atoms with Gasteiger partial charge in [-0.2, -0.15) is 0 Å². The van der Waals surface area contributed by atoms with E-state index in [1.54, 1.807) is 6.26 Å². The summed E-state index contributed by atoms with van der Waals surface area (Å²) in [6, 6.07) is 3.65. The predicted molar refractivity (Wildman–Crippen MR) is 69.2 cm³/mol. The molecule has 0 aliphatic heterocycles. The van der Waals surface area contributed by atoms with Gasteiger partial charge in [0, 0.05) is 4.47 Å². The maximum Gasteiger partial charge on any atom is 0.355 e. The second kappa shape index (κ2) is 5.59. The Bertz CT molecular complexity index is 383. The molecule has 1 aromatic rings. The Hall–Kier alpha value is -0.680. The van der Waals surface area contributed by atoms with E-state index < -0.39 is 11.4 Å². The van der Waals surface area contributed by atoms with Crippen molar-refractivity contribution in [1.82, 2.24) is 0 Å². The standard InChI is InChI=1S/C11H13BrO3S/c1-6-4-8(5-7(2)9(6)12)15-11(16-3)10(13)14/h4-5,11H,1-3H3,(H,13,14). The summed E-state index contributed by atoms with van der Waals surface area (Å²) in [6.45, 7) is 3.89. The Kier molecular flexibility index (Phi) is 4.68. The zero-order valence-electron chi connectivity index (χ0n) is 9.28. The minimum atomic E-state index is -0.967. The van der Waals surface area contributed by atoms with Gasteiger partial charge in [-0.25, -0.2) is 4.79 Å². The number of hydrogen-bond acceptors (Lipinski definition) is 3. The number of carboxylic acid groups (broad SMARTS) is 1. The summed E-state index contributed by atoms with van der Waals surface area (Å²) < 4.78 is 6.41. The van der Waals surface area contributed by atoms with E-state index in [-0.39, 0.29) is 0 Å². The zero-order chi connectivity index (χ0) is 12.3. The second-order valence-electron chi connectivity index (χ2n) is 3.39. The summed E-state index contributed by atoms with van der Waals surface area (Å²) in [5, 5.41) is 8.87. The maximum absolute atomic E-state index is 10.8. The van der Waals surface area contributed by atoms with Crippen molar-refractivity contribution in [2.45, 2.75) is 19.3 Å². The molecule has 0 aromatic heterocycles. The fourth-order valence-electron chi connectivity index (χ4n) is 1.30. The Balaban J connectivity index is 2.93. The first kappa shape index (κ1) is 13.4. The fourth-order valence-corrected chi connectivity index (χ4v) is 1.94. The van der Waals surface area contributed by atoms with E-state index in [1.165, 1.54) is 0 Å². The average molecular weight is 305 g/mol. The largest absolute Gasteiger partial charge is 0.478 e. The first-order chi connectivity index (χ1) is 7.45. The smallest absolute Gasteiger partial charge is 0.355 e. The molecule has 0 saturated carbocycles. The van der Waals surface area contributed by atoms with Gasteiger partial charge < -0.3 is 9.84 Å². The van der Waals surface area contributed by atoms with Crippen LogP contribution >= 0.6 is 27.7 Å². The predicted octanol–water partition coefficient (Wildman–Crippen LogP) is 3.22. The van der Waals surface area contributed by atoms with Gasteiger partial charge >= 0.3 is 5.97 Å². The highest BCUT2D eigenvalue weighted by atomic mass is 79.9. The molecule has 1 atom stereocenters. The SMILES string of the molecule is CSC(Oc1cc(C)c(Br)c(C)c1)C(=O)O. The van der Waals surface area contributed by atoms with Gasteiger partial charge in [-0.15, -0.1) is 11.8 Å². The average Bonchev–Trinajstić information content (AvgIpc) is 2.21. The normalized spacial score (nSPS) is 12.2. The number of hydrogen-bond donors (Lipinski definition) is 1. The van der Waals surface area contributed by atoms with E-state index in [9.17, 15) is 4.79 Å². The molecular weight excluding hydrogens is 292 g/mol. The molecule has 0 radical (unpaired) electrons. The van der Waals surface area contributed by atoms with Crippen molar-refractivity contribution in [3.8, 4) is 5.75 Å². The number of halogens is 1. The molecule has 1 unspecified atom stereocenters. The fraction of sp³-hybridized carbons (Fsp3) is 0.364. The molecule has 0 aliphatic rings. The van der Waals surface area contributed by atoms with Gasteiger partial charge in [0.15, 0.2) is 0 Å². The number of carboxylic acids is 1. The molecule has 1 aromatic carbocycles. The second-order valence-corrected chi connectivity index (χ2v) is 5.09. The van der Waals surface area contributed by atoms with Crippen molar-refractivity contribution < 1.29 is 14.6 Å². The van der Waals surface area contributed by atoms with E-state index in [0.29, 0.717) is 5.75 Å². The Morgan fingerprint density at radius 2 is 1.94 bits per heavy atom. The number of rotatable bonds is 4. The number of carbonyl (C=O) groups is 1. The van der Waals surface area contributed by atoms with Gasteiger partial charge in [0.1, 0.15) is 5.75 Å². The monoisotopic (exact) mass is 304 g/mol. The molecule has 16 heavy (non-hydrogen) atoms. The molecule has 0 spiro atoms. The summed E-state index contributed by atoms with van der Waals surface area (Å²) >= 11 is 4.60. The van der Waals surface area contributed by atoms with Crippen LogP contribution in [0, 0.1) is 13.8 Å². The van der Waals surface area contributed by atoms with Crippen LogP contribution in [0.15, 0.2) is 16.6 Å². The summed E-state index contributed by atoms with van der Waals surface area (Å²) in [5.41, 5.74) is 1.19. The first-order valence-electron chi connectivity index (χ1n) is 4.64. The molecule has 5 heteroatoms. The van der Waals surface area contributed by atoms with E-state index in [0.717, 1.165) is 27.4 Å². The van der Waals surface area contributed by atoms with Gasteiger partial charge in [0.05, 0.1) is 0 Å². The van der Waals surface area contributed by atoms with E-state index >= 15 is 0 Å². The van der Waals surface area contributed by atoms with Crippen molar-refractivity contribution in [3.05, 3.63) is 27.7 Å². The quantitative estimate of drug-likeness (QED) is 0.868. The minimum Gasteiger partial charge on any atom is -0.478 e. The molecule has 1 N–H and O–H groups in total. The molecule has 0 fully saturated rings. The highest BCUT2D eigenvalue weighted by Gasteiger charge is 2.18. The van der Waals surface area contributed by atoms with Crippen LogP contribution in [0.2, 0.25) is 0 Å². The van der Waals surface area contributed by atoms with Crippen LogP contribution in [-0.2, 0) is 4.79 Å². The number of aryl methyl sites for hydroxylation is 2. The lowest BCUT2D eigenvalue weighted by molar-refractivity contribution is -0.140. The lowest BCUT2D eigenvalue weighted by Gasteiger charge is -2.14. The van der Waals surface area contributed by atoms with Gasteiger partial charge in [0.25, 0.3) is 0 Å². The van der Waals surface area contributed by atoms with Crippen molar-refractivity contribution in [2.75, 3.05) is 6.26 Å². The number of benzene rings is 1. The number of ether oxygens (including phenoxy) is 1. The summed E-state index contributed by atoms with van der Waals surface area (Å²) in [6.07, 6.45) is 1.71. The third-order valence-electron chi connectivity index (χ3n) is 2.07. The Morgan fingerprint density at radius 1 is 1.44 bits per heavy atom.